The van der Waals surface area contributed by atoms with Crippen LogP contribution in [0.1, 0.15) is 29.6 Å². The van der Waals surface area contributed by atoms with Crippen molar-refractivity contribution in [2.45, 2.75) is 24.8 Å². The summed E-state index contributed by atoms with van der Waals surface area (Å²) in [5.74, 6) is -0.175. The van der Waals surface area contributed by atoms with Crippen LogP contribution in [0.3, 0.4) is 0 Å². The molecule has 1 fully saturated rings. The van der Waals surface area contributed by atoms with E-state index in [9.17, 15) is 9.59 Å². The molecule has 5 nitrogen and oxygen atoms in total. The lowest BCUT2D eigenvalue weighted by atomic mass is 9.75. The minimum absolute atomic E-state index is 0.0927. The highest BCUT2D eigenvalue weighted by molar-refractivity contribution is 5.94. The van der Waals surface area contributed by atoms with Crippen LogP contribution >= 0.6 is 0 Å². The second-order valence-electron chi connectivity index (χ2n) is 5.52. The van der Waals surface area contributed by atoms with E-state index in [-0.39, 0.29) is 17.0 Å². The second kappa shape index (κ2) is 5.17. The van der Waals surface area contributed by atoms with Gasteiger partial charge in [-0.1, -0.05) is 0 Å². The van der Waals surface area contributed by atoms with E-state index in [0.29, 0.717) is 12.1 Å². The minimum Gasteiger partial charge on any atom is -0.350 e. The van der Waals surface area contributed by atoms with Gasteiger partial charge in [-0.05, 0) is 39.4 Å². The Bertz CT molecular complexity index is 530. The molecule has 0 unspecified atom stereocenters. The number of likely N-dealkylation sites (N-methyl/N-ethyl adjacent to an activating group) is 1. The average molecular weight is 263 g/mol. The molecule has 5 heteroatoms. The van der Waals surface area contributed by atoms with Crippen LogP contribution in [-0.2, 0) is 7.05 Å². The Hall–Kier alpha value is -1.62. The molecule has 0 spiro atoms. The molecule has 0 radical (unpaired) electrons. The molecule has 0 aromatic carbocycles. The Morgan fingerprint density at radius 2 is 2.16 bits per heavy atom. The molecular formula is C14H21N3O2. The molecule has 19 heavy (non-hydrogen) atoms. The Balaban J connectivity index is 2.01. The molecule has 1 aromatic rings. The molecule has 104 valence electrons. The Morgan fingerprint density at radius 1 is 1.47 bits per heavy atom. The topological polar surface area (TPSA) is 54.3 Å². The maximum absolute atomic E-state index is 12.0. The van der Waals surface area contributed by atoms with E-state index in [4.69, 9.17) is 0 Å². The molecule has 0 bridgehead atoms. The molecule has 1 heterocycles. The normalized spacial score (nSPS) is 17.1. The number of aryl methyl sites for hydroxylation is 1. The summed E-state index contributed by atoms with van der Waals surface area (Å²) in [7, 11) is 5.76. The third-order valence-electron chi connectivity index (χ3n) is 4.18. The fraction of sp³-hybridized carbons (Fsp3) is 0.571. The van der Waals surface area contributed by atoms with Crippen molar-refractivity contribution in [1.82, 2.24) is 14.8 Å². The number of nitrogens with zero attached hydrogens (tertiary/aromatic N) is 2. The number of hydrogen-bond acceptors (Lipinski definition) is 3. The Kier molecular flexibility index (Phi) is 3.75. The predicted octanol–water partition coefficient (Wildman–Crippen LogP) is 0.599. The van der Waals surface area contributed by atoms with Gasteiger partial charge in [-0.25, -0.2) is 0 Å². The lowest BCUT2D eigenvalue weighted by Crippen LogP contribution is -2.57. The fourth-order valence-corrected chi connectivity index (χ4v) is 2.40. The van der Waals surface area contributed by atoms with Gasteiger partial charge in [-0.2, -0.15) is 0 Å². The summed E-state index contributed by atoms with van der Waals surface area (Å²) in [5, 5.41) is 2.94. The van der Waals surface area contributed by atoms with E-state index < -0.39 is 0 Å². The quantitative estimate of drug-likeness (QED) is 0.865. The molecular weight excluding hydrogens is 242 g/mol. The summed E-state index contributed by atoms with van der Waals surface area (Å²) in [6, 6.07) is 3.04. The van der Waals surface area contributed by atoms with Crippen LogP contribution in [0.2, 0.25) is 0 Å². The van der Waals surface area contributed by atoms with Crippen LogP contribution < -0.4 is 10.9 Å². The van der Waals surface area contributed by atoms with Crippen LogP contribution in [-0.4, -0.2) is 41.6 Å². The lowest BCUT2D eigenvalue weighted by Gasteiger charge is -2.47. The summed E-state index contributed by atoms with van der Waals surface area (Å²) in [5.41, 5.74) is 0.352. The van der Waals surface area contributed by atoms with Crippen molar-refractivity contribution in [3.05, 3.63) is 34.2 Å². The Labute approximate surface area is 113 Å². The summed E-state index contributed by atoms with van der Waals surface area (Å²) in [6.45, 7) is 0.633. The van der Waals surface area contributed by atoms with Gasteiger partial charge in [0.15, 0.2) is 0 Å². The van der Waals surface area contributed by atoms with E-state index in [1.807, 2.05) is 14.1 Å². The first-order chi connectivity index (χ1) is 8.94. The first-order valence-electron chi connectivity index (χ1n) is 6.57. The van der Waals surface area contributed by atoms with Crippen molar-refractivity contribution in [2.24, 2.45) is 7.05 Å². The van der Waals surface area contributed by atoms with Gasteiger partial charge in [-0.15, -0.1) is 0 Å². The van der Waals surface area contributed by atoms with Crippen molar-refractivity contribution in [1.29, 1.82) is 0 Å². The van der Waals surface area contributed by atoms with Crippen molar-refractivity contribution >= 4 is 5.91 Å². The number of amides is 1. The molecule has 1 aromatic heterocycles. The van der Waals surface area contributed by atoms with E-state index in [1.54, 1.807) is 19.3 Å². The van der Waals surface area contributed by atoms with Gasteiger partial charge >= 0.3 is 0 Å². The van der Waals surface area contributed by atoms with Crippen molar-refractivity contribution < 1.29 is 4.79 Å². The van der Waals surface area contributed by atoms with Gasteiger partial charge in [0, 0.05) is 37.0 Å². The third-order valence-corrected chi connectivity index (χ3v) is 4.18. The van der Waals surface area contributed by atoms with Crippen molar-refractivity contribution in [2.75, 3.05) is 20.6 Å². The van der Waals surface area contributed by atoms with Crippen LogP contribution in [0.5, 0.6) is 0 Å². The first kappa shape index (κ1) is 13.8. The number of nitrogens with one attached hydrogen (secondary N) is 1. The first-order valence-corrected chi connectivity index (χ1v) is 6.57. The van der Waals surface area contributed by atoms with Crippen molar-refractivity contribution in [3.63, 3.8) is 0 Å². The molecule has 0 saturated heterocycles. The highest BCUT2D eigenvalue weighted by Crippen LogP contribution is 2.35. The van der Waals surface area contributed by atoms with Gasteiger partial charge < -0.3 is 14.8 Å². The minimum atomic E-state index is -0.175. The summed E-state index contributed by atoms with van der Waals surface area (Å²) in [4.78, 5) is 25.7. The van der Waals surface area contributed by atoms with E-state index in [0.717, 1.165) is 12.8 Å². The number of pyridine rings is 1. The molecule has 0 aliphatic heterocycles. The van der Waals surface area contributed by atoms with E-state index in [2.05, 4.69) is 10.2 Å². The second-order valence-corrected chi connectivity index (χ2v) is 5.52. The Morgan fingerprint density at radius 3 is 2.63 bits per heavy atom. The maximum atomic E-state index is 12.0. The standard InChI is InChI=1S/C14H21N3O2/c1-16(2)14(6-4-7-14)10-15-13(19)11-5-8-17(3)12(18)9-11/h5,8-9H,4,6-7,10H2,1-3H3,(H,15,19). The van der Waals surface area contributed by atoms with Gasteiger partial charge in [0.2, 0.25) is 0 Å². The molecule has 1 aliphatic carbocycles. The highest BCUT2D eigenvalue weighted by Gasteiger charge is 2.39. The average Bonchev–Trinajstić information content (AvgIpc) is 2.30. The molecule has 1 aliphatic rings. The number of carbonyl (C=O) groups excluding carboxylic acids is 1. The van der Waals surface area contributed by atoms with Gasteiger partial charge in [-0.3, -0.25) is 9.59 Å². The SMILES string of the molecule is CN(C)C1(CNC(=O)c2ccn(C)c(=O)c2)CCC1. The highest BCUT2D eigenvalue weighted by atomic mass is 16.2. The lowest BCUT2D eigenvalue weighted by molar-refractivity contribution is 0.0557. The monoisotopic (exact) mass is 263 g/mol. The number of carbonyl (C=O) groups is 1. The predicted molar refractivity (Wildman–Crippen MR) is 74.3 cm³/mol. The summed E-state index contributed by atoms with van der Waals surface area (Å²) >= 11 is 0. The van der Waals surface area contributed by atoms with Gasteiger partial charge in [0.1, 0.15) is 0 Å². The smallest absolute Gasteiger partial charge is 0.251 e. The molecule has 1 N–H and O–H groups in total. The maximum Gasteiger partial charge on any atom is 0.251 e. The summed E-state index contributed by atoms with van der Waals surface area (Å²) in [6.07, 6.45) is 5.04. The fourth-order valence-electron chi connectivity index (χ4n) is 2.40. The summed E-state index contributed by atoms with van der Waals surface area (Å²) < 4.78 is 1.45. The van der Waals surface area contributed by atoms with Gasteiger partial charge in [0.25, 0.3) is 11.5 Å². The number of aromatic nitrogens is 1. The van der Waals surface area contributed by atoms with Crippen LogP contribution in [0.15, 0.2) is 23.1 Å². The van der Waals surface area contributed by atoms with Crippen LogP contribution in [0, 0.1) is 0 Å². The van der Waals surface area contributed by atoms with Gasteiger partial charge in [0.05, 0.1) is 0 Å². The largest absolute Gasteiger partial charge is 0.350 e. The number of rotatable bonds is 4. The van der Waals surface area contributed by atoms with E-state index in [1.165, 1.54) is 17.1 Å². The third kappa shape index (κ3) is 2.71. The molecule has 2 rings (SSSR count). The van der Waals surface area contributed by atoms with E-state index >= 15 is 0 Å². The van der Waals surface area contributed by atoms with Crippen molar-refractivity contribution in [3.8, 4) is 0 Å². The molecule has 1 saturated carbocycles. The van der Waals surface area contributed by atoms with Crippen LogP contribution in [0.25, 0.3) is 0 Å². The zero-order chi connectivity index (χ0) is 14.0. The number of hydrogen-bond donors (Lipinski definition) is 1. The zero-order valence-electron chi connectivity index (χ0n) is 11.8. The zero-order valence-corrected chi connectivity index (χ0v) is 11.8. The molecule has 1 amide bonds. The van der Waals surface area contributed by atoms with Crippen LogP contribution in [0.4, 0.5) is 0 Å². The molecule has 0 atom stereocenters.